The van der Waals surface area contributed by atoms with E-state index in [0.29, 0.717) is 29.7 Å². The highest BCUT2D eigenvalue weighted by Crippen LogP contribution is 2.30. The van der Waals surface area contributed by atoms with E-state index in [1.165, 1.54) is 18.2 Å². The van der Waals surface area contributed by atoms with Gasteiger partial charge in [0.25, 0.3) is 0 Å². The summed E-state index contributed by atoms with van der Waals surface area (Å²) in [6, 6.07) is 9.27. The number of carbonyl (C=O) groups is 1. The smallest absolute Gasteiger partial charge is 0.237 e. The molecule has 1 N–H and O–H groups in total. The normalized spacial score (nSPS) is 16.8. The number of para-hydroxylation sites is 1. The van der Waals surface area contributed by atoms with Crippen molar-refractivity contribution in [3.8, 4) is 11.4 Å². The van der Waals surface area contributed by atoms with Gasteiger partial charge in [-0.2, -0.15) is 0 Å². The average molecular weight is 462 g/mol. The van der Waals surface area contributed by atoms with Crippen LogP contribution in [-0.4, -0.2) is 38.6 Å². The SMILES string of the molecule is CC(Sc1nnc(-c2ccc(F)cc2)n1CC1CCCO1)C(=O)Nc1c(F)cccc1F. The van der Waals surface area contributed by atoms with Gasteiger partial charge in [0.15, 0.2) is 11.0 Å². The second kappa shape index (κ2) is 9.74. The number of hydrogen-bond acceptors (Lipinski definition) is 5. The summed E-state index contributed by atoms with van der Waals surface area (Å²) < 4.78 is 48.7. The molecule has 168 valence electrons. The molecule has 10 heteroatoms. The van der Waals surface area contributed by atoms with Crippen molar-refractivity contribution in [3.63, 3.8) is 0 Å². The van der Waals surface area contributed by atoms with Crippen molar-refractivity contribution >= 4 is 23.4 Å². The van der Waals surface area contributed by atoms with Crippen LogP contribution in [0.4, 0.5) is 18.9 Å². The number of nitrogens with one attached hydrogen (secondary N) is 1. The number of aromatic nitrogens is 3. The van der Waals surface area contributed by atoms with Gasteiger partial charge in [-0.05, 0) is 56.2 Å². The van der Waals surface area contributed by atoms with Crippen LogP contribution < -0.4 is 5.32 Å². The quantitative estimate of drug-likeness (QED) is 0.517. The van der Waals surface area contributed by atoms with Crippen molar-refractivity contribution in [2.24, 2.45) is 0 Å². The standard InChI is InChI=1S/C22H21F3N4O2S/c1-13(21(30)26-19-17(24)5-2-6-18(19)25)32-22-28-27-20(14-7-9-15(23)10-8-14)29(22)12-16-4-3-11-31-16/h2,5-10,13,16H,3-4,11-12H2,1H3,(H,26,30). The molecule has 2 aromatic carbocycles. The third-order valence-electron chi connectivity index (χ3n) is 5.09. The van der Waals surface area contributed by atoms with Gasteiger partial charge in [0.2, 0.25) is 5.91 Å². The first-order valence-corrected chi connectivity index (χ1v) is 11.0. The van der Waals surface area contributed by atoms with Gasteiger partial charge in [0.05, 0.1) is 17.9 Å². The van der Waals surface area contributed by atoms with Crippen LogP contribution in [0.5, 0.6) is 0 Å². The van der Waals surface area contributed by atoms with Crippen LogP contribution in [-0.2, 0) is 16.1 Å². The molecule has 3 aromatic rings. The molecule has 2 heterocycles. The number of ether oxygens (including phenoxy) is 1. The molecule has 6 nitrogen and oxygen atoms in total. The lowest BCUT2D eigenvalue weighted by Crippen LogP contribution is -2.24. The van der Waals surface area contributed by atoms with Crippen LogP contribution in [0.2, 0.25) is 0 Å². The van der Waals surface area contributed by atoms with Crippen LogP contribution >= 0.6 is 11.8 Å². The van der Waals surface area contributed by atoms with Crippen LogP contribution in [0, 0.1) is 17.5 Å². The molecule has 1 aliphatic rings. The molecule has 0 bridgehead atoms. The monoisotopic (exact) mass is 462 g/mol. The van der Waals surface area contributed by atoms with E-state index in [4.69, 9.17) is 4.74 Å². The fraction of sp³-hybridized carbons (Fsp3) is 0.318. The first-order chi connectivity index (χ1) is 15.4. The molecule has 1 aromatic heterocycles. The third kappa shape index (κ3) is 4.97. The first kappa shape index (κ1) is 22.3. The summed E-state index contributed by atoms with van der Waals surface area (Å²) in [6.07, 6.45) is 1.81. The summed E-state index contributed by atoms with van der Waals surface area (Å²) in [6.45, 7) is 2.76. The Morgan fingerprint density at radius 2 is 1.91 bits per heavy atom. The largest absolute Gasteiger partial charge is 0.376 e. The molecule has 4 rings (SSSR count). The Labute approximate surface area is 187 Å². The zero-order valence-corrected chi connectivity index (χ0v) is 18.0. The number of hydrogen-bond donors (Lipinski definition) is 1. The fourth-order valence-corrected chi connectivity index (χ4v) is 4.26. The minimum atomic E-state index is -0.851. The predicted octanol–water partition coefficient (Wildman–Crippen LogP) is 4.66. The zero-order valence-electron chi connectivity index (χ0n) is 17.2. The number of benzene rings is 2. The van der Waals surface area contributed by atoms with E-state index in [1.807, 2.05) is 4.57 Å². The maximum atomic E-state index is 13.9. The Bertz CT molecular complexity index is 1080. The zero-order chi connectivity index (χ0) is 22.7. The third-order valence-corrected chi connectivity index (χ3v) is 6.17. The molecule has 32 heavy (non-hydrogen) atoms. The number of rotatable bonds is 7. The molecule has 0 spiro atoms. The number of carbonyl (C=O) groups excluding carboxylic acids is 1. The Hall–Kier alpha value is -2.85. The summed E-state index contributed by atoms with van der Waals surface area (Å²) in [5, 5.41) is 10.5. The number of anilines is 1. The van der Waals surface area contributed by atoms with Crippen LogP contribution in [0.15, 0.2) is 47.6 Å². The maximum Gasteiger partial charge on any atom is 0.237 e. The molecule has 0 saturated carbocycles. The summed E-state index contributed by atoms with van der Waals surface area (Å²) in [5.74, 6) is -2.12. The highest BCUT2D eigenvalue weighted by atomic mass is 32.2. The molecule has 2 atom stereocenters. The molecule has 0 aliphatic carbocycles. The average Bonchev–Trinajstić information content (AvgIpc) is 3.42. The lowest BCUT2D eigenvalue weighted by atomic mass is 10.2. The molecular formula is C22H21F3N4O2S. The fourth-order valence-electron chi connectivity index (χ4n) is 3.40. The number of nitrogens with zero attached hydrogens (tertiary/aromatic N) is 3. The molecule has 1 aliphatic heterocycles. The Kier molecular flexibility index (Phi) is 6.80. The summed E-state index contributed by atoms with van der Waals surface area (Å²) in [7, 11) is 0. The summed E-state index contributed by atoms with van der Waals surface area (Å²) in [5.41, 5.74) is 0.187. The van der Waals surface area contributed by atoms with E-state index in [1.54, 1.807) is 19.1 Å². The van der Waals surface area contributed by atoms with Crippen molar-refractivity contribution in [1.29, 1.82) is 0 Å². The Morgan fingerprint density at radius 1 is 1.19 bits per heavy atom. The molecule has 1 saturated heterocycles. The molecule has 2 unspecified atom stereocenters. The van der Waals surface area contributed by atoms with Gasteiger partial charge >= 0.3 is 0 Å². The second-order valence-electron chi connectivity index (χ2n) is 7.40. The van der Waals surface area contributed by atoms with Crippen LogP contribution in [0.3, 0.4) is 0 Å². The highest BCUT2D eigenvalue weighted by molar-refractivity contribution is 8.00. The van der Waals surface area contributed by atoms with Gasteiger partial charge in [-0.15, -0.1) is 10.2 Å². The Morgan fingerprint density at radius 3 is 2.56 bits per heavy atom. The van der Waals surface area contributed by atoms with Crippen LogP contribution in [0.25, 0.3) is 11.4 Å². The van der Waals surface area contributed by atoms with E-state index < -0.39 is 28.5 Å². The minimum Gasteiger partial charge on any atom is -0.376 e. The molecular weight excluding hydrogens is 441 g/mol. The second-order valence-corrected chi connectivity index (χ2v) is 8.71. The van der Waals surface area contributed by atoms with E-state index in [0.717, 1.165) is 36.7 Å². The lowest BCUT2D eigenvalue weighted by molar-refractivity contribution is -0.115. The van der Waals surface area contributed by atoms with Gasteiger partial charge in [0, 0.05) is 12.2 Å². The minimum absolute atomic E-state index is 0.0267. The topological polar surface area (TPSA) is 69.0 Å². The van der Waals surface area contributed by atoms with E-state index in [9.17, 15) is 18.0 Å². The van der Waals surface area contributed by atoms with Crippen molar-refractivity contribution in [2.45, 2.75) is 42.8 Å². The predicted molar refractivity (Wildman–Crippen MR) is 115 cm³/mol. The van der Waals surface area contributed by atoms with Crippen molar-refractivity contribution in [2.75, 3.05) is 11.9 Å². The van der Waals surface area contributed by atoms with Crippen molar-refractivity contribution in [1.82, 2.24) is 14.8 Å². The van der Waals surface area contributed by atoms with E-state index >= 15 is 0 Å². The molecule has 0 radical (unpaired) electrons. The number of halogens is 3. The van der Waals surface area contributed by atoms with Gasteiger partial charge in [-0.1, -0.05) is 17.8 Å². The van der Waals surface area contributed by atoms with Gasteiger partial charge < -0.3 is 10.1 Å². The number of thioether (sulfide) groups is 1. The maximum absolute atomic E-state index is 13.9. The van der Waals surface area contributed by atoms with Crippen molar-refractivity contribution < 1.29 is 22.7 Å². The first-order valence-electron chi connectivity index (χ1n) is 10.1. The van der Waals surface area contributed by atoms with Crippen LogP contribution in [0.1, 0.15) is 19.8 Å². The highest BCUT2D eigenvalue weighted by Gasteiger charge is 2.25. The van der Waals surface area contributed by atoms with Gasteiger partial charge in [-0.25, -0.2) is 13.2 Å². The summed E-state index contributed by atoms with van der Waals surface area (Å²) in [4.78, 5) is 12.6. The lowest BCUT2D eigenvalue weighted by Gasteiger charge is -2.17. The van der Waals surface area contributed by atoms with Gasteiger partial charge in [-0.3, -0.25) is 9.36 Å². The molecule has 1 fully saturated rings. The van der Waals surface area contributed by atoms with E-state index in [-0.39, 0.29) is 11.9 Å². The van der Waals surface area contributed by atoms with E-state index in [2.05, 4.69) is 15.5 Å². The molecule has 1 amide bonds. The number of amides is 1. The van der Waals surface area contributed by atoms with Gasteiger partial charge in [0.1, 0.15) is 23.1 Å². The summed E-state index contributed by atoms with van der Waals surface area (Å²) >= 11 is 1.11. The van der Waals surface area contributed by atoms with Crippen molar-refractivity contribution in [3.05, 3.63) is 59.9 Å². The Balaban J connectivity index is 1.56.